The van der Waals surface area contributed by atoms with Crippen LogP contribution in [0.2, 0.25) is 0 Å². The lowest BCUT2D eigenvalue weighted by molar-refractivity contribution is 0.862. The maximum absolute atomic E-state index is 6.06. The predicted molar refractivity (Wildman–Crippen MR) is 93.9 cm³/mol. The Bertz CT molecular complexity index is 843. The van der Waals surface area contributed by atoms with Crippen molar-refractivity contribution in [2.45, 2.75) is 26.8 Å². The molecule has 3 nitrogen and oxygen atoms in total. The number of hydrogen-bond acceptors (Lipinski definition) is 2. The van der Waals surface area contributed by atoms with Crippen LogP contribution in [0.5, 0.6) is 0 Å². The van der Waals surface area contributed by atoms with Gasteiger partial charge in [0, 0.05) is 17.8 Å². The van der Waals surface area contributed by atoms with Gasteiger partial charge in [0.2, 0.25) is 0 Å². The number of imidazole rings is 1. The number of hydrogen-bond donors (Lipinski definition) is 1. The first-order valence-electron chi connectivity index (χ1n) is 7.60. The van der Waals surface area contributed by atoms with Crippen LogP contribution in [0.15, 0.2) is 49.1 Å². The van der Waals surface area contributed by atoms with E-state index in [1.807, 2.05) is 25.1 Å². The third-order valence-corrected chi connectivity index (χ3v) is 4.07. The van der Waals surface area contributed by atoms with Crippen molar-refractivity contribution < 1.29 is 0 Å². The Morgan fingerprint density at radius 1 is 1.23 bits per heavy atom. The number of nitrogen functional groups attached to an aromatic ring is 1. The second kappa shape index (κ2) is 5.68. The van der Waals surface area contributed by atoms with Crippen molar-refractivity contribution in [3.63, 3.8) is 0 Å². The van der Waals surface area contributed by atoms with Crippen molar-refractivity contribution in [3.05, 3.63) is 60.2 Å². The Morgan fingerprint density at radius 2 is 2.05 bits per heavy atom. The smallest absolute Gasteiger partial charge is 0.141 e. The molecule has 3 aromatic rings. The molecule has 0 saturated carbocycles. The van der Waals surface area contributed by atoms with E-state index < -0.39 is 0 Å². The third kappa shape index (κ3) is 2.39. The van der Waals surface area contributed by atoms with Crippen molar-refractivity contribution in [1.29, 1.82) is 0 Å². The molecular formula is C19H21N3. The van der Waals surface area contributed by atoms with E-state index in [4.69, 9.17) is 10.7 Å². The number of aryl methyl sites for hydroxylation is 2. The normalized spacial score (nSPS) is 11.0. The second-order valence-electron chi connectivity index (χ2n) is 5.58. The lowest BCUT2D eigenvalue weighted by Crippen LogP contribution is -1.99. The summed E-state index contributed by atoms with van der Waals surface area (Å²) >= 11 is 0. The van der Waals surface area contributed by atoms with E-state index in [0.717, 1.165) is 46.6 Å². The van der Waals surface area contributed by atoms with Gasteiger partial charge in [-0.2, -0.15) is 0 Å². The molecule has 0 aliphatic rings. The Kier molecular flexibility index (Phi) is 3.72. The highest BCUT2D eigenvalue weighted by Crippen LogP contribution is 2.28. The molecule has 0 aliphatic carbocycles. The predicted octanol–water partition coefficient (Wildman–Crippen LogP) is 4.34. The minimum Gasteiger partial charge on any atom is -0.398 e. The van der Waals surface area contributed by atoms with Crippen molar-refractivity contribution in [2.75, 3.05) is 5.73 Å². The van der Waals surface area contributed by atoms with E-state index in [-0.39, 0.29) is 0 Å². The molecule has 2 aromatic carbocycles. The molecule has 112 valence electrons. The average molecular weight is 291 g/mol. The Labute approximate surface area is 131 Å². The number of rotatable bonds is 4. The summed E-state index contributed by atoms with van der Waals surface area (Å²) in [4.78, 5) is 4.84. The van der Waals surface area contributed by atoms with E-state index in [1.54, 1.807) is 0 Å². The van der Waals surface area contributed by atoms with Crippen LogP contribution in [-0.2, 0) is 13.0 Å². The molecule has 0 bridgehead atoms. The van der Waals surface area contributed by atoms with Crippen LogP contribution in [-0.4, -0.2) is 9.55 Å². The van der Waals surface area contributed by atoms with Crippen molar-refractivity contribution in [2.24, 2.45) is 0 Å². The molecule has 3 rings (SSSR count). The second-order valence-corrected chi connectivity index (χ2v) is 5.58. The van der Waals surface area contributed by atoms with Gasteiger partial charge in [-0.25, -0.2) is 4.98 Å². The van der Waals surface area contributed by atoms with Crippen LogP contribution in [0, 0.1) is 6.92 Å². The van der Waals surface area contributed by atoms with E-state index in [9.17, 15) is 0 Å². The van der Waals surface area contributed by atoms with Gasteiger partial charge in [-0.15, -0.1) is 6.58 Å². The molecule has 22 heavy (non-hydrogen) atoms. The van der Waals surface area contributed by atoms with Crippen LogP contribution < -0.4 is 5.73 Å². The summed E-state index contributed by atoms with van der Waals surface area (Å²) in [5, 5.41) is 0. The maximum Gasteiger partial charge on any atom is 0.141 e. The summed E-state index contributed by atoms with van der Waals surface area (Å²) in [7, 11) is 0. The molecule has 0 atom stereocenters. The van der Waals surface area contributed by atoms with Gasteiger partial charge in [0.15, 0.2) is 0 Å². The zero-order chi connectivity index (χ0) is 15.7. The van der Waals surface area contributed by atoms with E-state index in [2.05, 4.69) is 42.3 Å². The van der Waals surface area contributed by atoms with Gasteiger partial charge >= 0.3 is 0 Å². The summed E-state index contributed by atoms with van der Waals surface area (Å²) in [6.45, 7) is 8.77. The van der Waals surface area contributed by atoms with Crippen LogP contribution >= 0.6 is 0 Å². The van der Waals surface area contributed by atoms with E-state index in [1.165, 1.54) is 5.56 Å². The van der Waals surface area contributed by atoms with Gasteiger partial charge in [-0.3, -0.25) is 0 Å². The van der Waals surface area contributed by atoms with E-state index in [0.29, 0.717) is 0 Å². The van der Waals surface area contributed by atoms with Crippen molar-refractivity contribution >= 4 is 16.7 Å². The van der Waals surface area contributed by atoms with Gasteiger partial charge in [0.25, 0.3) is 0 Å². The molecule has 3 heteroatoms. The number of aromatic nitrogens is 2. The lowest BCUT2D eigenvalue weighted by Gasteiger charge is -2.08. The fraction of sp³-hybridized carbons (Fsp3) is 0.211. The lowest BCUT2D eigenvalue weighted by atomic mass is 10.1. The van der Waals surface area contributed by atoms with E-state index >= 15 is 0 Å². The van der Waals surface area contributed by atoms with Crippen LogP contribution in [0.25, 0.3) is 22.4 Å². The number of benzene rings is 2. The number of nitrogens with two attached hydrogens (primary N) is 1. The molecule has 0 spiro atoms. The van der Waals surface area contributed by atoms with Crippen molar-refractivity contribution in [3.8, 4) is 11.4 Å². The summed E-state index contributed by atoms with van der Waals surface area (Å²) in [6.07, 6.45) is 2.91. The number of anilines is 1. The minimum absolute atomic E-state index is 0.727. The first kappa shape index (κ1) is 14.4. The standard InChI is InChI=1S/C19H21N3/c1-4-10-22-18-9-7-14(5-2)11-17(18)21-19(22)15-8-6-13(3)16(20)12-15/h4,6-9,11-12H,1,5,10,20H2,2-3H3. The quantitative estimate of drug-likeness (QED) is 0.574. The Balaban J connectivity index is 2.24. The number of nitrogens with zero attached hydrogens (tertiary/aromatic N) is 2. The molecule has 0 saturated heterocycles. The van der Waals surface area contributed by atoms with Crippen LogP contribution in [0.3, 0.4) is 0 Å². The topological polar surface area (TPSA) is 43.8 Å². The van der Waals surface area contributed by atoms with Gasteiger partial charge in [-0.1, -0.05) is 31.2 Å². The average Bonchev–Trinajstić information content (AvgIpc) is 2.88. The molecule has 1 aromatic heterocycles. The first-order chi connectivity index (χ1) is 10.6. The highest BCUT2D eigenvalue weighted by Gasteiger charge is 2.12. The first-order valence-corrected chi connectivity index (χ1v) is 7.60. The molecule has 0 unspecified atom stereocenters. The summed E-state index contributed by atoms with van der Waals surface area (Å²) in [5.74, 6) is 0.940. The zero-order valence-corrected chi connectivity index (χ0v) is 13.1. The third-order valence-electron chi connectivity index (χ3n) is 4.07. The molecule has 0 aliphatic heterocycles. The Morgan fingerprint density at radius 3 is 2.73 bits per heavy atom. The van der Waals surface area contributed by atoms with Gasteiger partial charge in [-0.05, 0) is 42.7 Å². The number of fused-ring (bicyclic) bond motifs is 1. The molecule has 0 amide bonds. The van der Waals surface area contributed by atoms with Crippen molar-refractivity contribution in [1.82, 2.24) is 9.55 Å². The maximum atomic E-state index is 6.06. The highest BCUT2D eigenvalue weighted by atomic mass is 15.1. The van der Waals surface area contributed by atoms with Crippen LogP contribution in [0.4, 0.5) is 5.69 Å². The molecule has 0 fully saturated rings. The zero-order valence-electron chi connectivity index (χ0n) is 13.1. The fourth-order valence-corrected chi connectivity index (χ4v) is 2.71. The molecule has 0 radical (unpaired) electrons. The summed E-state index contributed by atoms with van der Waals surface area (Å²) < 4.78 is 2.19. The highest BCUT2D eigenvalue weighted by molar-refractivity contribution is 5.82. The SMILES string of the molecule is C=CCn1c(-c2ccc(C)c(N)c2)nc2cc(CC)ccc21. The largest absolute Gasteiger partial charge is 0.398 e. The summed E-state index contributed by atoms with van der Waals surface area (Å²) in [5.41, 5.74) is 12.4. The summed E-state index contributed by atoms with van der Waals surface area (Å²) in [6, 6.07) is 12.6. The molecular weight excluding hydrogens is 270 g/mol. The van der Waals surface area contributed by atoms with Gasteiger partial charge < -0.3 is 10.3 Å². The van der Waals surface area contributed by atoms with Gasteiger partial charge in [0.1, 0.15) is 5.82 Å². The monoisotopic (exact) mass is 291 g/mol. The molecule has 1 heterocycles. The fourth-order valence-electron chi connectivity index (χ4n) is 2.71. The van der Waals surface area contributed by atoms with Crippen LogP contribution in [0.1, 0.15) is 18.1 Å². The minimum atomic E-state index is 0.727. The van der Waals surface area contributed by atoms with Gasteiger partial charge in [0.05, 0.1) is 11.0 Å². The Hall–Kier alpha value is -2.55. The molecule has 2 N–H and O–H groups in total. The number of allylic oxidation sites excluding steroid dienone is 1.